The first-order valence-corrected chi connectivity index (χ1v) is 37.2. The molecular formula is C79H127NO9S4. The molecule has 0 saturated carbocycles. The number of aromatic hydroxyl groups is 2. The van der Waals surface area contributed by atoms with Crippen LogP contribution < -0.4 is 14.8 Å². The van der Waals surface area contributed by atoms with Crippen molar-refractivity contribution >= 4 is 59.0 Å². The van der Waals surface area contributed by atoms with Gasteiger partial charge in [-0.1, -0.05) is 186 Å². The number of phenols is 2. The molecule has 4 N–H and O–H groups in total. The second kappa shape index (κ2) is 32.8. The molecule has 14 heteroatoms. The maximum atomic E-state index is 12.6. The van der Waals surface area contributed by atoms with Crippen LogP contribution in [0.1, 0.15) is 291 Å². The molecule has 4 aromatic rings. The van der Waals surface area contributed by atoms with Gasteiger partial charge >= 0.3 is 11.9 Å². The molecule has 0 amide bonds. The summed E-state index contributed by atoms with van der Waals surface area (Å²) in [6.07, 6.45) is 2.80. The number of benzene rings is 4. The first-order chi connectivity index (χ1) is 42.1. The zero-order valence-electron chi connectivity index (χ0n) is 63.8. The number of thioether (sulfide) groups is 4. The molecule has 10 nitrogen and oxygen atoms in total. The third-order valence-corrected chi connectivity index (χ3v) is 20.6. The van der Waals surface area contributed by atoms with Gasteiger partial charge in [0.2, 0.25) is 0 Å². The van der Waals surface area contributed by atoms with Crippen LogP contribution in [0.5, 0.6) is 23.0 Å². The van der Waals surface area contributed by atoms with Gasteiger partial charge in [0.25, 0.3) is 0 Å². The van der Waals surface area contributed by atoms with Crippen molar-refractivity contribution in [1.82, 2.24) is 5.32 Å². The average molecular weight is 1360 g/mol. The highest BCUT2D eigenvalue weighted by Gasteiger charge is 2.36. The van der Waals surface area contributed by atoms with E-state index in [1.54, 1.807) is 37.4 Å². The van der Waals surface area contributed by atoms with Gasteiger partial charge in [-0.25, -0.2) is 0 Å². The van der Waals surface area contributed by atoms with Gasteiger partial charge in [0, 0.05) is 77.1 Å². The fourth-order valence-electron chi connectivity index (χ4n) is 10.7. The molecule has 526 valence electrons. The van der Waals surface area contributed by atoms with Crippen molar-refractivity contribution in [2.24, 2.45) is 0 Å². The van der Waals surface area contributed by atoms with Gasteiger partial charge in [-0.05, 0) is 146 Å². The van der Waals surface area contributed by atoms with E-state index in [2.05, 4.69) is 255 Å². The van der Waals surface area contributed by atoms with Crippen molar-refractivity contribution in [2.75, 3.05) is 33.0 Å². The van der Waals surface area contributed by atoms with Gasteiger partial charge in [0.05, 0.1) is 28.0 Å². The smallest absolute Gasteiger partial charge is 0.323 e. The molecule has 0 saturated heterocycles. The highest BCUT2D eigenvalue weighted by atomic mass is 32.2. The van der Waals surface area contributed by atoms with E-state index >= 15 is 0 Å². The predicted molar refractivity (Wildman–Crippen MR) is 401 cm³/mol. The number of hydrogen-bond acceptors (Lipinski definition) is 14. The molecule has 0 bridgehead atoms. The highest BCUT2D eigenvalue weighted by Crippen LogP contribution is 2.54. The number of carbonyl (C=O) groups is 2. The summed E-state index contributed by atoms with van der Waals surface area (Å²) in [7, 11) is 0. The Morgan fingerprint density at radius 3 is 1.00 bits per heavy atom. The number of phenolic OH excluding ortho intramolecular Hbond substituents is 2. The summed E-state index contributed by atoms with van der Waals surface area (Å²) in [4.78, 5) is 29.3. The van der Waals surface area contributed by atoms with E-state index in [1.807, 2.05) is 23.5 Å². The lowest BCUT2D eigenvalue weighted by Crippen LogP contribution is -2.43. The second-order valence-electron chi connectivity index (χ2n) is 34.2. The molecule has 0 aliphatic heterocycles. The van der Waals surface area contributed by atoms with Crippen LogP contribution in [0, 0.1) is 0 Å². The van der Waals surface area contributed by atoms with Gasteiger partial charge in [0.1, 0.15) is 41.8 Å². The van der Waals surface area contributed by atoms with Crippen LogP contribution in [0.15, 0.2) is 68.1 Å². The Hall–Kier alpha value is -3.66. The van der Waals surface area contributed by atoms with Gasteiger partial charge in [-0.3, -0.25) is 9.59 Å². The maximum absolute atomic E-state index is 12.6. The Balaban J connectivity index is 0.000000504. The van der Waals surface area contributed by atoms with E-state index in [4.69, 9.17) is 18.9 Å². The number of rotatable bonds is 25. The lowest BCUT2D eigenvalue weighted by atomic mass is 9.79. The molecule has 0 aliphatic rings. The normalized spacial score (nSPS) is 13.9. The second-order valence-corrected chi connectivity index (χ2v) is 41.5. The molecule has 0 spiro atoms. The molecule has 1 unspecified atom stereocenters. The number of nitrogens with one attached hydrogen (secondary N) is 1. The van der Waals surface area contributed by atoms with E-state index in [9.17, 15) is 24.9 Å². The summed E-state index contributed by atoms with van der Waals surface area (Å²) >= 11 is 7.40. The van der Waals surface area contributed by atoms with Crippen LogP contribution in [-0.4, -0.2) is 80.5 Å². The Bertz CT molecular complexity index is 2970. The third kappa shape index (κ3) is 25.9. The standard InChI is InChI=1S/C43H69NO7S2.C36H58O2S2/c1-17-49-35(46)20-19-34(38(48)50-18-2)44-25-27(45)26-51-37-32(41(9,10)11)23-29(24-33(37)42(12,13)14)53-43(15,16)52-28-21-30(39(3,4)5)36(47)31(22-28)40(6,7)8;1-16-17-18-19-38-31-28(34(8,9)10)22-25(23-29(31)35(11,12)13)40-36(14,15)39-24-20-26(32(2,3)4)30(37)27(21-24)33(5,6)7/h21-24,27,34,44-45,47H,17-20,25-26H2,1-16H3;20-23,37H,16-19H2,1-15H3/t27?,34-;/m0./s1. The monoisotopic (exact) mass is 1360 g/mol. The number of carbonyl (C=O) groups excluding carboxylic acids is 2. The van der Waals surface area contributed by atoms with Gasteiger partial charge in [0.15, 0.2) is 0 Å². The molecule has 93 heavy (non-hydrogen) atoms. The van der Waals surface area contributed by atoms with E-state index in [1.165, 1.54) is 33.8 Å². The first kappa shape index (κ1) is 83.6. The van der Waals surface area contributed by atoms with Crippen molar-refractivity contribution in [3.05, 3.63) is 93.0 Å². The summed E-state index contributed by atoms with van der Waals surface area (Å²) in [5.41, 5.74) is 7.26. The summed E-state index contributed by atoms with van der Waals surface area (Å²) in [6, 6.07) is 17.1. The van der Waals surface area contributed by atoms with E-state index in [-0.39, 0.29) is 96.7 Å². The van der Waals surface area contributed by atoms with Crippen molar-refractivity contribution in [3.63, 3.8) is 0 Å². The molecule has 0 aliphatic carbocycles. The summed E-state index contributed by atoms with van der Waals surface area (Å²) < 4.78 is 22.9. The third-order valence-electron chi connectivity index (χ3n) is 15.7. The number of aliphatic hydroxyl groups is 1. The molecule has 0 fully saturated rings. The lowest BCUT2D eigenvalue weighted by molar-refractivity contribution is -0.147. The minimum absolute atomic E-state index is 0.00743. The van der Waals surface area contributed by atoms with Crippen LogP contribution in [0.25, 0.3) is 0 Å². The Kier molecular flexibility index (Phi) is 29.5. The maximum Gasteiger partial charge on any atom is 0.323 e. The summed E-state index contributed by atoms with van der Waals surface area (Å²) in [5, 5.41) is 36.7. The minimum atomic E-state index is -0.930. The summed E-state index contributed by atoms with van der Waals surface area (Å²) in [5.74, 6) is 1.80. The molecule has 0 heterocycles. The topological polar surface area (TPSA) is 144 Å². The van der Waals surface area contributed by atoms with Crippen LogP contribution in [0.2, 0.25) is 0 Å². The van der Waals surface area contributed by atoms with Crippen molar-refractivity contribution in [3.8, 4) is 23.0 Å². The molecule has 4 rings (SSSR count). The van der Waals surface area contributed by atoms with Gasteiger partial charge < -0.3 is 39.6 Å². The van der Waals surface area contributed by atoms with Crippen LogP contribution >= 0.6 is 47.0 Å². The number of unbranched alkanes of at least 4 members (excludes halogenated alkanes) is 2. The largest absolute Gasteiger partial charge is 0.507 e. The quantitative estimate of drug-likeness (QED) is 0.0216. The predicted octanol–water partition coefficient (Wildman–Crippen LogP) is 21.6. The summed E-state index contributed by atoms with van der Waals surface area (Å²) in [6.45, 7) is 68.8. The molecule has 4 aromatic carbocycles. The Morgan fingerprint density at radius 1 is 0.430 bits per heavy atom. The molecular weight excluding hydrogens is 1240 g/mol. The average Bonchev–Trinajstić information content (AvgIpc) is 0.800. The number of aliphatic hydroxyl groups excluding tert-OH is 1. The van der Waals surface area contributed by atoms with E-state index in [0.29, 0.717) is 11.5 Å². The van der Waals surface area contributed by atoms with Crippen molar-refractivity contribution in [2.45, 2.75) is 330 Å². The lowest BCUT2D eigenvalue weighted by Gasteiger charge is -2.33. The van der Waals surface area contributed by atoms with Gasteiger partial charge in [-0.15, -0.1) is 47.0 Å². The molecule has 0 aromatic heterocycles. The Morgan fingerprint density at radius 2 is 0.720 bits per heavy atom. The van der Waals surface area contributed by atoms with Crippen molar-refractivity contribution < 1.29 is 43.9 Å². The molecule has 0 radical (unpaired) electrons. The fourth-order valence-corrected chi connectivity index (χ4v) is 15.9. The van der Waals surface area contributed by atoms with Crippen LogP contribution in [-0.2, 0) is 62.4 Å². The fraction of sp³-hybridized carbons (Fsp3) is 0.671. The Labute approximate surface area is 583 Å². The highest BCUT2D eigenvalue weighted by molar-refractivity contribution is 8.18. The molecule has 2 atom stereocenters. The number of esters is 2. The van der Waals surface area contributed by atoms with E-state index in [0.717, 1.165) is 67.7 Å². The number of hydrogen-bond donors (Lipinski definition) is 4. The number of ether oxygens (including phenoxy) is 4. The SMILES string of the molecule is CCCCCOc1c(C(C)(C)C)cc(SC(C)(C)Sc2cc(C(C)(C)C)c(O)c(C(C)(C)C)c2)cc1C(C)(C)C.CCOC(=O)CC[C@H](NCC(O)COc1c(C(C)(C)C)cc(SC(C)(C)Sc2cc(C(C)(C)C)c(O)c(C(C)(C)C)c2)cc1C(C)(C)C)C(=O)OCC. The zero-order chi connectivity index (χ0) is 71.6. The van der Waals surface area contributed by atoms with Crippen LogP contribution in [0.4, 0.5) is 0 Å². The van der Waals surface area contributed by atoms with Gasteiger partial charge in [-0.2, -0.15) is 0 Å². The van der Waals surface area contributed by atoms with Crippen molar-refractivity contribution in [1.29, 1.82) is 0 Å². The first-order valence-electron chi connectivity index (χ1n) is 34.0. The minimum Gasteiger partial charge on any atom is -0.507 e. The zero-order valence-corrected chi connectivity index (χ0v) is 67.0. The van der Waals surface area contributed by atoms with Crippen LogP contribution in [0.3, 0.4) is 0 Å². The van der Waals surface area contributed by atoms with E-state index < -0.39 is 18.1 Å².